The Kier molecular flexibility index (Phi) is 7.43. The Balaban J connectivity index is 2.30. The highest BCUT2D eigenvalue weighted by atomic mass is 35.5. The Morgan fingerprint density at radius 3 is 2.61 bits per heavy atom. The van der Waals surface area contributed by atoms with Crippen molar-refractivity contribution in [3.05, 3.63) is 47.0 Å². The van der Waals surface area contributed by atoms with Crippen molar-refractivity contribution < 1.29 is 4.79 Å². The summed E-state index contributed by atoms with van der Waals surface area (Å²) >= 11 is 5.99. The van der Waals surface area contributed by atoms with Gasteiger partial charge in [-0.1, -0.05) is 67.8 Å². The van der Waals surface area contributed by atoms with E-state index in [0.717, 1.165) is 32.1 Å². The van der Waals surface area contributed by atoms with Crippen molar-refractivity contribution in [2.45, 2.75) is 45.4 Å². The van der Waals surface area contributed by atoms with Gasteiger partial charge in [0.1, 0.15) is 0 Å². The van der Waals surface area contributed by atoms with Crippen LogP contribution in [0, 0.1) is 0 Å². The summed E-state index contributed by atoms with van der Waals surface area (Å²) in [6.07, 6.45) is 7.35. The third kappa shape index (κ3) is 6.02. The van der Waals surface area contributed by atoms with Crippen LogP contribution in [0.25, 0.3) is 0 Å². The van der Waals surface area contributed by atoms with Crippen molar-refractivity contribution in [2.24, 2.45) is 0 Å². The number of ketones is 1. The van der Waals surface area contributed by atoms with Crippen LogP contribution in [0.4, 0.5) is 0 Å². The lowest BCUT2D eigenvalue weighted by Gasteiger charge is -2.00. The minimum atomic E-state index is 0.0816. The number of halogens is 1. The number of carbonyl (C=O) groups is 1. The predicted molar refractivity (Wildman–Crippen MR) is 77.8 cm³/mol. The van der Waals surface area contributed by atoms with Crippen molar-refractivity contribution in [3.8, 4) is 0 Å². The highest BCUT2D eigenvalue weighted by Crippen LogP contribution is 2.12. The second kappa shape index (κ2) is 8.93. The van der Waals surface area contributed by atoms with Gasteiger partial charge < -0.3 is 0 Å². The SMILES string of the molecule is CCCCCC(=O)/C(Cl)=C/CCc1ccccc1. The van der Waals surface area contributed by atoms with Crippen molar-refractivity contribution in [2.75, 3.05) is 0 Å². The third-order valence-corrected chi connectivity index (χ3v) is 3.24. The van der Waals surface area contributed by atoms with Crippen molar-refractivity contribution in [3.63, 3.8) is 0 Å². The molecule has 0 unspecified atom stereocenters. The Morgan fingerprint density at radius 1 is 1.22 bits per heavy atom. The lowest BCUT2D eigenvalue weighted by atomic mass is 10.1. The second-order valence-corrected chi connectivity index (χ2v) is 4.86. The maximum atomic E-state index is 11.7. The summed E-state index contributed by atoms with van der Waals surface area (Å²) in [7, 11) is 0. The van der Waals surface area contributed by atoms with Gasteiger partial charge >= 0.3 is 0 Å². The quantitative estimate of drug-likeness (QED) is 0.483. The molecule has 0 aliphatic rings. The molecule has 18 heavy (non-hydrogen) atoms. The first-order chi connectivity index (χ1) is 8.74. The zero-order valence-electron chi connectivity index (χ0n) is 11.0. The number of rotatable bonds is 8. The summed E-state index contributed by atoms with van der Waals surface area (Å²) in [5, 5.41) is 0.405. The molecule has 0 aliphatic heterocycles. The van der Waals surface area contributed by atoms with Gasteiger partial charge in [-0.05, 0) is 24.8 Å². The zero-order valence-corrected chi connectivity index (χ0v) is 11.7. The summed E-state index contributed by atoms with van der Waals surface area (Å²) in [4.78, 5) is 11.7. The summed E-state index contributed by atoms with van der Waals surface area (Å²) < 4.78 is 0. The van der Waals surface area contributed by atoms with Crippen LogP contribution in [0.2, 0.25) is 0 Å². The first kappa shape index (κ1) is 15.0. The van der Waals surface area contributed by atoms with Crippen LogP contribution < -0.4 is 0 Å². The molecule has 0 spiro atoms. The van der Waals surface area contributed by atoms with Gasteiger partial charge in [0.25, 0.3) is 0 Å². The molecule has 0 aliphatic carbocycles. The molecule has 0 heterocycles. The number of allylic oxidation sites excluding steroid dienone is 2. The van der Waals surface area contributed by atoms with E-state index in [4.69, 9.17) is 11.6 Å². The van der Waals surface area contributed by atoms with Gasteiger partial charge in [0.15, 0.2) is 5.78 Å². The largest absolute Gasteiger partial charge is 0.293 e. The second-order valence-electron chi connectivity index (χ2n) is 4.46. The monoisotopic (exact) mass is 264 g/mol. The number of carbonyl (C=O) groups excluding carboxylic acids is 1. The van der Waals surface area contributed by atoms with Crippen LogP contribution in [-0.2, 0) is 11.2 Å². The van der Waals surface area contributed by atoms with E-state index in [1.807, 2.05) is 24.3 Å². The fourth-order valence-corrected chi connectivity index (χ4v) is 1.98. The number of benzene rings is 1. The summed E-state index contributed by atoms with van der Waals surface area (Å²) in [5.41, 5.74) is 1.27. The minimum absolute atomic E-state index is 0.0816. The maximum absolute atomic E-state index is 11.7. The highest BCUT2D eigenvalue weighted by molar-refractivity contribution is 6.42. The first-order valence-corrected chi connectivity index (χ1v) is 7.04. The molecule has 0 fully saturated rings. The van der Waals surface area contributed by atoms with Gasteiger partial charge in [-0.25, -0.2) is 0 Å². The smallest absolute Gasteiger partial charge is 0.173 e. The molecule has 0 amide bonds. The topological polar surface area (TPSA) is 17.1 Å². The van der Waals surface area contributed by atoms with Gasteiger partial charge in [-0.15, -0.1) is 0 Å². The first-order valence-electron chi connectivity index (χ1n) is 6.66. The van der Waals surface area contributed by atoms with E-state index in [0.29, 0.717) is 11.5 Å². The molecule has 1 aromatic carbocycles. The van der Waals surface area contributed by atoms with Crippen LogP contribution in [0.15, 0.2) is 41.4 Å². The van der Waals surface area contributed by atoms with E-state index in [9.17, 15) is 4.79 Å². The van der Waals surface area contributed by atoms with Gasteiger partial charge in [0, 0.05) is 6.42 Å². The third-order valence-electron chi connectivity index (χ3n) is 2.87. The lowest BCUT2D eigenvalue weighted by Crippen LogP contribution is -1.97. The molecule has 0 atom stereocenters. The Morgan fingerprint density at radius 2 is 1.94 bits per heavy atom. The molecule has 1 rings (SSSR count). The fraction of sp³-hybridized carbons (Fsp3) is 0.438. The fourth-order valence-electron chi connectivity index (χ4n) is 1.78. The number of hydrogen-bond acceptors (Lipinski definition) is 1. The highest BCUT2D eigenvalue weighted by Gasteiger charge is 2.05. The van der Waals surface area contributed by atoms with Crippen LogP contribution in [0.5, 0.6) is 0 Å². The molecule has 0 saturated heterocycles. The molecule has 0 saturated carbocycles. The molecule has 2 heteroatoms. The molecular weight excluding hydrogens is 244 g/mol. The lowest BCUT2D eigenvalue weighted by molar-refractivity contribution is -0.115. The molecule has 0 N–H and O–H groups in total. The van der Waals surface area contributed by atoms with Crippen LogP contribution >= 0.6 is 11.6 Å². The molecule has 98 valence electrons. The number of Topliss-reactive ketones (excluding diaryl/α,β-unsaturated/α-hetero) is 1. The van der Waals surface area contributed by atoms with E-state index >= 15 is 0 Å². The van der Waals surface area contributed by atoms with E-state index in [1.54, 1.807) is 0 Å². The van der Waals surface area contributed by atoms with Crippen LogP contribution in [-0.4, -0.2) is 5.78 Å². The predicted octanol–water partition coefficient (Wildman–Crippen LogP) is 4.89. The Hall–Kier alpha value is -1.08. The normalized spacial score (nSPS) is 11.6. The molecular formula is C16H21ClO. The maximum Gasteiger partial charge on any atom is 0.173 e. The van der Waals surface area contributed by atoms with Gasteiger partial charge in [-0.2, -0.15) is 0 Å². The number of unbranched alkanes of at least 4 members (excludes halogenated alkanes) is 2. The van der Waals surface area contributed by atoms with Crippen LogP contribution in [0.3, 0.4) is 0 Å². The van der Waals surface area contributed by atoms with Crippen molar-refractivity contribution in [1.29, 1.82) is 0 Å². The molecule has 1 aromatic rings. The standard InChI is InChI=1S/C16H21ClO/c1-2-3-5-13-16(18)15(17)12-8-11-14-9-6-4-7-10-14/h4,6-7,9-10,12H,2-3,5,8,11,13H2,1H3/b15-12-. The van der Waals surface area contributed by atoms with E-state index in [-0.39, 0.29) is 5.78 Å². The van der Waals surface area contributed by atoms with Crippen molar-refractivity contribution >= 4 is 17.4 Å². The van der Waals surface area contributed by atoms with Gasteiger partial charge in [-0.3, -0.25) is 4.79 Å². The average molecular weight is 265 g/mol. The Labute approximate surface area is 115 Å². The molecule has 0 aromatic heterocycles. The van der Waals surface area contributed by atoms with E-state index in [1.165, 1.54) is 5.56 Å². The summed E-state index contributed by atoms with van der Waals surface area (Å²) in [6, 6.07) is 10.2. The zero-order chi connectivity index (χ0) is 13.2. The average Bonchev–Trinajstić information content (AvgIpc) is 2.40. The summed E-state index contributed by atoms with van der Waals surface area (Å²) in [6.45, 7) is 2.13. The van der Waals surface area contributed by atoms with Crippen LogP contribution in [0.1, 0.15) is 44.6 Å². The number of aryl methyl sites for hydroxylation is 1. The minimum Gasteiger partial charge on any atom is -0.293 e. The van der Waals surface area contributed by atoms with Crippen molar-refractivity contribution in [1.82, 2.24) is 0 Å². The molecule has 1 nitrogen and oxygen atoms in total. The summed E-state index contributed by atoms with van der Waals surface area (Å²) in [5.74, 6) is 0.0816. The van der Waals surface area contributed by atoms with Gasteiger partial charge in [0.2, 0.25) is 0 Å². The Bertz CT molecular complexity index is 381. The van der Waals surface area contributed by atoms with Gasteiger partial charge in [0.05, 0.1) is 5.03 Å². The van der Waals surface area contributed by atoms with E-state index < -0.39 is 0 Å². The van der Waals surface area contributed by atoms with E-state index in [2.05, 4.69) is 19.1 Å². The number of hydrogen-bond donors (Lipinski definition) is 0. The molecule has 0 bridgehead atoms. The molecule has 0 radical (unpaired) electrons.